The number of hydrogen-bond acceptors (Lipinski definition) is 3. The van der Waals surface area contributed by atoms with Gasteiger partial charge in [0.15, 0.2) is 0 Å². The van der Waals surface area contributed by atoms with Crippen molar-refractivity contribution >= 4 is 5.91 Å². The van der Waals surface area contributed by atoms with Gasteiger partial charge in [0.2, 0.25) is 5.91 Å². The number of piperidine rings is 1. The molecule has 0 bridgehead atoms. The fourth-order valence-electron chi connectivity index (χ4n) is 2.22. The Bertz CT molecular complexity index is 209. The second kappa shape index (κ2) is 7.63. The first-order valence-corrected chi connectivity index (χ1v) is 6.36. The summed E-state index contributed by atoms with van der Waals surface area (Å²) in [7, 11) is 0. The number of rotatable bonds is 6. The topological polar surface area (TPSA) is 52.6 Å². The molecule has 0 aromatic rings. The van der Waals surface area contributed by atoms with E-state index in [1.54, 1.807) is 0 Å². The van der Waals surface area contributed by atoms with Crippen LogP contribution in [0.2, 0.25) is 0 Å². The summed E-state index contributed by atoms with van der Waals surface area (Å²) >= 11 is 0. The Morgan fingerprint density at radius 3 is 3.06 bits per heavy atom. The van der Waals surface area contributed by atoms with E-state index in [0.717, 1.165) is 6.54 Å². The number of carbonyl (C=O) groups excluding carboxylic acids is 1. The van der Waals surface area contributed by atoms with Gasteiger partial charge in [-0.25, -0.2) is 0 Å². The third-order valence-corrected chi connectivity index (χ3v) is 3.16. The Morgan fingerprint density at radius 2 is 2.38 bits per heavy atom. The molecule has 94 valence electrons. The third-order valence-electron chi connectivity index (χ3n) is 3.16. The summed E-state index contributed by atoms with van der Waals surface area (Å²) in [6.07, 6.45) is 4.91. The van der Waals surface area contributed by atoms with E-state index in [9.17, 15) is 4.79 Å². The molecular weight excluding hydrogens is 204 g/mol. The van der Waals surface area contributed by atoms with Gasteiger partial charge in [-0.15, -0.1) is 0 Å². The molecule has 0 aromatic heterocycles. The van der Waals surface area contributed by atoms with Gasteiger partial charge in [0, 0.05) is 13.1 Å². The van der Waals surface area contributed by atoms with Crippen molar-refractivity contribution in [1.82, 2.24) is 10.2 Å². The molecule has 1 amide bonds. The van der Waals surface area contributed by atoms with Gasteiger partial charge in [0.25, 0.3) is 0 Å². The summed E-state index contributed by atoms with van der Waals surface area (Å²) in [5.41, 5.74) is 0. The van der Waals surface area contributed by atoms with Crippen LogP contribution in [-0.4, -0.2) is 48.7 Å². The molecule has 4 heteroatoms. The molecule has 0 aromatic carbocycles. The first kappa shape index (κ1) is 13.5. The largest absolute Gasteiger partial charge is 0.387 e. The predicted octanol–water partition coefficient (Wildman–Crippen LogP) is 0.607. The van der Waals surface area contributed by atoms with Gasteiger partial charge >= 0.3 is 0 Å². The minimum absolute atomic E-state index is 0.259. The maximum atomic E-state index is 10.9. The number of hydrogen-bond donors (Lipinski definition) is 2. The number of unbranched alkanes of at least 4 members (excludes halogenated alkanes) is 1. The molecule has 0 spiro atoms. The number of aliphatic hydroxyl groups excluding tert-OH is 1. The van der Waals surface area contributed by atoms with Crippen molar-refractivity contribution in [2.24, 2.45) is 5.92 Å². The van der Waals surface area contributed by atoms with Crippen LogP contribution in [0.15, 0.2) is 0 Å². The zero-order valence-corrected chi connectivity index (χ0v) is 10.2. The average Bonchev–Trinajstić information content (AvgIpc) is 2.34. The molecule has 1 unspecified atom stereocenters. The second-order valence-electron chi connectivity index (χ2n) is 4.62. The van der Waals surface area contributed by atoms with E-state index >= 15 is 0 Å². The molecule has 0 saturated carbocycles. The monoisotopic (exact) mass is 228 g/mol. The lowest BCUT2D eigenvalue weighted by molar-refractivity contribution is -0.124. The second-order valence-corrected chi connectivity index (χ2v) is 4.62. The summed E-state index contributed by atoms with van der Waals surface area (Å²) in [6.45, 7) is 5.99. The smallest absolute Gasteiger partial charge is 0.245 e. The highest BCUT2D eigenvalue weighted by Crippen LogP contribution is 2.16. The van der Waals surface area contributed by atoms with Crippen LogP contribution in [-0.2, 0) is 4.79 Å². The zero-order valence-electron chi connectivity index (χ0n) is 10.2. The van der Waals surface area contributed by atoms with Crippen molar-refractivity contribution in [2.45, 2.75) is 32.6 Å². The van der Waals surface area contributed by atoms with Crippen molar-refractivity contribution in [3.63, 3.8) is 0 Å². The summed E-state index contributed by atoms with van der Waals surface area (Å²) in [5.74, 6) is 0.298. The highest BCUT2D eigenvalue weighted by atomic mass is 16.3. The SMILES string of the molecule is CCCCN1CCCC(CNC(=O)CO)C1. The number of likely N-dealkylation sites (tertiary alicyclic amines) is 1. The van der Waals surface area contributed by atoms with Crippen LogP contribution in [0.5, 0.6) is 0 Å². The molecule has 1 atom stereocenters. The summed E-state index contributed by atoms with van der Waals surface area (Å²) < 4.78 is 0. The van der Waals surface area contributed by atoms with Crippen LogP contribution in [0, 0.1) is 5.92 Å². The third kappa shape index (κ3) is 4.94. The summed E-state index contributed by atoms with van der Waals surface area (Å²) in [5, 5.41) is 11.4. The van der Waals surface area contributed by atoms with Crippen molar-refractivity contribution in [2.75, 3.05) is 32.8 Å². The van der Waals surface area contributed by atoms with E-state index in [2.05, 4.69) is 17.1 Å². The Kier molecular flexibility index (Phi) is 6.42. The van der Waals surface area contributed by atoms with Crippen LogP contribution < -0.4 is 5.32 Å². The molecule has 2 N–H and O–H groups in total. The first-order chi connectivity index (χ1) is 7.76. The Hall–Kier alpha value is -0.610. The highest BCUT2D eigenvalue weighted by Gasteiger charge is 2.19. The maximum absolute atomic E-state index is 10.9. The fourth-order valence-corrected chi connectivity index (χ4v) is 2.22. The van der Waals surface area contributed by atoms with Gasteiger partial charge in [-0.2, -0.15) is 0 Å². The van der Waals surface area contributed by atoms with E-state index in [1.165, 1.54) is 38.8 Å². The number of carbonyl (C=O) groups is 1. The molecule has 1 fully saturated rings. The molecule has 4 nitrogen and oxygen atoms in total. The molecule has 1 rings (SSSR count). The van der Waals surface area contributed by atoms with Crippen LogP contribution in [0.3, 0.4) is 0 Å². The molecule has 1 heterocycles. The Morgan fingerprint density at radius 1 is 1.56 bits per heavy atom. The predicted molar refractivity (Wildman–Crippen MR) is 64.2 cm³/mol. The van der Waals surface area contributed by atoms with E-state index in [4.69, 9.17) is 5.11 Å². The fraction of sp³-hybridized carbons (Fsp3) is 0.917. The lowest BCUT2D eigenvalue weighted by Gasteiger charge is -2.32. The quantitative estimate of drug-likeness (QED) is 0.700. The zero-order chi connectivity index (χ0) is 11.8. The number of nitrogens with zero attached hydrogens (tertiary/aromatic N) is 1. The molecule has 1 aliphatic rings. The minimum atomic E-state index is -0.397. The van der Waals surface area contributed by atoms with Gasteiger partial charge in [-0.1, -0.05) is 13.3 Å². The average molecular weight is 228 g/mol. The highest BCUT2D eigenvalue weighted by molar-refractivity contribution is 5.76. The lowest BCUT2D eigenvalue weighted by atomic mass is 9.98. The molecule has 1 saturated heterocycles. The summed E-state index contributed by atoms with van der Waals surface area (Å²) in [6, 6.07) is 0. The van der Waals surface area contributed by atoms with E-state index in [0.29, 0.717) is 12.5 Å². The maximum Gasteiger partial charge on any atom is 0.245 e. The van der Waals surface area contributed by atoms with Gasteiger partial charge in [-0.3, -0.25) is 4.79 Å². The first-order valence-electron chi connectivity index (χ1n) is 6.36. The standard InChI is InChI=1S/C12H24N2O2/c1-2-3-6-14-7-4-5-11(9-14)8-13-12(16)10-15/h11,15H,2-10H2,1H3,(H,13,16). The van der Waals surface area contributed by atoms with Crippen molar-refractivity contribution < 1.29 is 9.90 Å². The van der Waals surface area contributed by atoms with Gasteiger partial charge in [0.05, 0.1) is 0 Å². The van der Waals surface area contributed by atoms with Crippen LogP contribution in [0.25, 0.3) is 0 Å². The Balaban J connectivity index is 2.19. The summed E-state index contributed by atoms with van der Waals surface area (Å²) in [4.78, 5) is 13.4. The molecule has 0 aliphatic carbocycles. The van der Waals surface area contributed by atoms with E-state index in [1.807, 2.05) is 0 Å². The van der Waals surface area contributed by atoms with E-state index in [-0.39, 0.29) is 5.91 Å². The van der Waals surface area contributed by atoms with Gasteiger partial charge < -0.3 is 15.3 Å². The van der Waals surface area contributed by atoms with E-state index < -0.39 is 6.61 Å². The molecule has 1 aliphatic heterocycles. The number of aliphatic hydroxyl groups is 1. The number of amides is 1. The lowest BCUT2D eigenvalue weighted by Crippen LogP contribution is -2.41. The Labute approximate surface area is 98.0 Å². The molecule has 0 radical (unpaired) electrons. The van der Waals surface area contributed by atoms with Crippen molar-refractivity contribution in [3.05, 3.63) is 0 Å². The van der Waals surface area contributed by atoms with Crippen molar-refractivity contribution in [1.29, 1.82) is 0 Å². The normalized spacial score (nSPS) is 22.0. The molecule has 16 heavy (non-hydrogen) atoms. The van der Waals surface area contributed by atoms with Gasteiger partial charge in [0.1, 0.15) is 6.61 Å². The van der Waals surface area contributed by atoms with Gasteiger partial charge in [-0.05, 0) is 38.3 Å². The van der Waals surface area contributed by atoms with Crippen LogP contribution >= 0.6 is 0 Å². The molecular formula is C12H24N2O2. The number of nitrogens with one attached hydrogen (secondary N) is 1. The van der Waals surface area contributed by atoms with Crippen molar-refractivity contribution in [3.8, 4) is 0 Å². The minimum Gasteiger partial charge on any atom is -0.387 e. The van der Waals surface area contributed by atoms with Crippen LogP contribution in [0.1, 0.15) is 32.6 Å². The van der Waals surface area contributed by atoms with Crippen LogP contribution in [0.4, 0.5) is 0 Å².